The van der Waals surface area contributed by atoms with E-state index in [4.69, 9.17) is 11.6 Å². The number of hydrogen-bond acceptors (Lipinski definition) is 3. The SMILES string of the molecule is N#CC1=C(c2ccc(Cl)cc2)SSC1=C1c2ccccc2-c2ccccc21. The molecule has 1 aliphatic heterocycles. The Hall–Kier alpha value is -2.38. The van der Waals surface area contributed by atoms with Gasteiger partial charge in [0.25, 0.3) is 0 Å². The third-order valence-electron chi connectivity index (χ3n) is 4.79. The summed E-state index contributed by atoms with van der Waals surface area (Å²) in [4.78, 5) is 2.05. The molecule has 0 saturated heterocycles. The molecule has 0 N–H and O–H groups in total. The Morgan fingerprint density at radius 1 is 0.667 bits per heavy atom. The molecule has 0 amide bonds. The van der Waals surface area contributed by atoms with Crippen LogP contribution < -0.4 is 0 Å². The third-order valence-corrected chi connectivity index (χ3v) is 7.56. The van der Waals surface area contributed by atoms with Gasteiger partial charge in [0.1, 0.15) is 6.07 Å². The summed E-state index contributed by atoms with van der Waals surface area (Å²) in [6, 6.07) is 27.0. The number of nitrogens with zero attached hydrogens (tertiary/aromatic N) is 1. The van der Waals surface area contributed by atoms with Crippen LogP contribution in [0.2, 0.25) is 5.02 Å². The molecule has 1 aliphatic carbocycles. The predicted molar refractivity (Wildman–Crippen MR) is 117 cm³/mol. The van der Waals surface area contributed by atoms with Crippen LogP contribution in [-0.4, -0.2) is 0 Å². The van der Waals surface area contributed by atoms with Crippen molar-refractivity contribution in [3.63, 3.8) is 0 Å². The lowest BCUT2D eigenvalue weighted by atomic mass is 10.00. The average molecular weight is 402 g/mol. The Morgan fingerprint density at radius 2 is 1.19 bits per heavy atom. The van der Waals surface area contributed by atoms with Crippen molar-refractivity contribution < 1.29 is 0 Å². The molecule has 0 unspecified atom stereocenters. The molecule has 0 atom stereocenters. The summed E-state index contributed by atoms with van der Waals surface area (Å²) < 4.78 is 0. The molecule has 3 aromatic carbocycles. The number of rotatable bonds is 1. The van der Waals surface area contributed by atoms with Crippen LogP contribution in [0.5, 0.6) is 0 Å². The van der Waals surface area contributed by atoms with Gasteiger partial charge in [-0.15, -0.1) is 0 Å². The predicted octanol–water partition coefficient (Wildman–Crippen LogP) is 7.41. The fourth-order valence-electron chi connectivity index (χ4n) is 3.59. The molecule has 0 bridgehead atoms. The summed E-state index contributed by atoms with van der Waals surface area (Å²) in [7, 11) is 3.32. The van der Waals surface area contributed by atoms with Gasteiger partial charge in [-0.3, -0.25) is 0 Å². The first kappa shape index (κ1) is 16.8. The topological polar surface area (TPSA) is 23.8 Å². The van der Waals surface area contributed by atoms with Crippen molar-refractivity contribution in [3.8, 4) is 17.2 Å². The zero-order chi connectivity index (χ0) is 18.4. The first-order valence-electron chi connectivity index (χ1n) is 8.46. The maximum Gasteiger partial charge on any atom is 0.102 e. The minimum Gasteiger partial charge on any atom is -0.192 e. The van der Waals surface area contributed by atoms with Crippen LogP contribution in [0.15, 0.2) is 83.3 Å². The molecule has 1 nitrogen and oxygen atoms in total. The van der Waals surface area contributed by atoms with E-state index in [1.807, 2.05) is 24.3 Å². The van der Waals surface area contributed by atoms with E-state index in [1.54, 1.807) is 21.6 Å². The lowest BCUT2D eigenvalue weighted by molar-refractivity contribution is 1.49. The molecule has 128 valence electrons. The van der Waals surface area contributed by atoms with E-state index in [2.05, 4.69) is 54.6 Å². The molecule has 0 spiro atoms. The van der Waals surface area contributed by atoms with Gasteiger partial charge >= 0.3 is 0 Å². The van der Waals surface area contributed by atoms with Crippen molar-refractivity contribution in [2.75, 3.05) is 0 Å². The summed E-state index contributed by atoms with van der Waals surface area (Å²) >= 11 is 6.03. The highest BCUT2D eigenvalue weighted by molar-refractivity contribution is 8.82. The van der Waals surface area contributed by atoms with Gasteiger partial charge in [-0.2, -0.15) is 5.26 Å². The van der Waals surface area contributed by atoms with Gasteiger partial charge in [0.2, 0.25) is 0 Å². The lowest BCUT2D eigenvalue weighted by Crippen LogP contribution is -1.89. The van der Waals surface area contributed by atoms with Crippen LogP contribution in [0.4, 0.5) is 0 Å². The Morgan fingerprint density at radius 3 is 1.74 bits per heavy atom. The van der Waals surface area contributed by atoms with Gasteiger partial charge in [-0.05, 0) is 39.9 Å². The van der Waals surface area contributed by atoms with E-state index >= 15 is 0 Å². The number of allylic oxidation sites excluding steroid dienone is 1. The average Bonchev–Trinajstić information content (AvgIpc) is 3.27. The molecular weight excluding hydrogens is 390 g/mol. The second-order valence-electron chi connectivity index (χ2n) is 6.28. The highest BCUT2D eigenvalue weighted by Gasteiger charge is 2.32. The summed E-state index contributed by atoms with van der Waals surface area (Å²) in [6.07, 6.45) is 0. The summed E-state index contributed by atoms with van der Waals surface area (Å²) in [6.45, 7) is 0. The standard InChI is InChI=1S/C23H12ClNS2/c24-15-11-9-14(10-12-15)22-20(13-25)23(27-26-22)21-18-7-3-1-5-16(18)17-6-2-4-8-19(17)21/h1-12H. The molecule has 3 aromatic rings. The molecule has 1 heterocycles. The van der Waals surface area contributed by atoms with Crippen LogP contribution in [0.1, 0.15) is 16.7 Å². The van der Waals surface area contributed by atoms with Crippen LogP contribution in [0, 0.1) is 11.3 Å². The van der Waals surface area contributed by atoms with Crippen LogP contribution in [-0.2, 0) is 0 Å². The molecule has 27 heavy (non-hydrogen) atoms. The van der Waals surface area contributed by atoms with Crippen molar-refractivity contribution >= 4 is 43.7 Å². The monoisotopic (exact) mass is 401 g/mol. The number of fused-ring (bicyclic) bond motifs is 3. The largest absolute Gasteiger partial charge is 0.192 e. The highest BCUT2D eigenvalue weighted by Crippen LogP contribution is 2.59. The van der Waals surface area contributed by atoms with E-state index < -0.39 is 0 Å². The maximum absolute atomic E-state index is 9.98. The molecule has 2 aliphatic rings. The molecular formula is C23H12ClNS2. The smallest absolute Gasteiger partial charge is 0.102 e. The van der Waals surface area contributed by atoms with Gasteiger partial charge in [0.15, 0.2) is 0 Å². The second-order valence-corrected chi connectivity index (χ2v) is 8.87. The molecule has 0 aromatic heterocycles. The van der Waals surface area contributed by atoms with E-state index in [-0.39, 0.29) is 0 Å². The first-order chi connectivity index (χ1) is 13.3. The van der Waals surface area contributed by atoms with E-state index in [1.165, 1.54) is 27.8 Å². The van der Waals surface area contributed by atoms with Crippen molar-refractivity contribution in [2.45, 2.75) is 0 Å². The summed E-state index contributed by atoms with van der Waals surface area (Å²) in [5.74, 6) is 0. The Labute approximate surface area is 170 Å². The van der Waals surface area contributed by atoms with Crippen molar-refractivity contribution in [3.05, 3.63) is 105 Å². The maximum atomic E-state index is 9.98. The van der Waals surface area contributed by atoms with Crippen LogP contribution in [0.3, 0.4) is 0 Å². The molecule has 0 saturated carbocycles. The van der Waals surface area contributed by atoms with E-state index in [9.17, 15) is 5.26 Å². The van der Waals surface area contributed by atoms with Crippen molar-refractivity contribution in [2.24, 2.45) is 0 Å². The normalized spacial score (nSPS) is 15.0. The van der Waals surface area contributed by atoms with Crippen LogP contribution in [0.25, 0.3) is 21.6 Å². The second kappa shape index (κ2) is 6.65. The minimum absolute atomic E-state index is 0.700. The first-order valence-corrected chi connectivity index (χ1v) is 11.0. The van der Waals surface area contributed by atoms with Gasteiger partial charge in [-0.1, -0.05) is 93.9 Å². The molecule has 0 fully saturated rings. The van der Waals surface area contributed by atoms with E-state index in [0.29, 0.717) is 5.02 Å². The van der Waals surface area contributed by atoms with Crippen molar-refractivity contribution in [1.82, 2.24) is 0 Å². The van der Waals surface area contributed by atoms with Gasteiger partial charge in [0, 0.05) is 20.4 Å². The fraction of sp³-hybridized carbons (Fsp3) is 0. The Bertz CT molecular complexity index is 1140. The van der Waals surface area contributed by atoms with Gasteiger partial charge in [-0.25, -0.2) is 0 Å². The third kappa shape index (κ3) is 2.64. The fourth-order valence-corrected chi connectivity index (χ4v) is 6.49. The Balaban J connectivity index is 1.78. The van der Waals surface area contributed by atoms with Crippen molar-refractivity contribution in [1.29, 1.82) is 5.26 Å². The molecule has 5 rings (SSSR count). The molecule has 4 heteroatoms. The highest BCUT2D eigenvalue weighted by atomic mass is 35.5. The zero-order valence-electron chi connectivity index (χ0n) is 14.1. The number of benzene rings is 3. The number of halogens is 1. The zero-order valence-corrected chi connectivity index (χ0v) is 16.5. The number of nitriles is 1. The summed E-state index contributed by atoms with van der Waals surface area (Å²) in [5, 5.41) is 10.7. The lowest BCUT2D eigenvalue weighted by Gasteiger charge is -2.07. The minimum atomic E-state index is 0.700. The van der Waals surface area contributed by atoms with Crippen LogP contribution >= 0.6 is 33.2 Å². The summed E-state index contributed by atoms with van der Waals surface area (Å²) in [5.41, 5.74) is 7.81. The number of hydrogen-bond donors (Lipinski definition) is 0. The van der Waals surface area contributed by atoms with Gasteiger partial charge < -0.3 is 0 Å². The van der Waals surface area contributed by atoms with Gasteiger partial charge in [0.05, 0.1) is 5.57 Å². The van der Waals surface area contributed by atoms with E-state index in [0.717, 1.165) is 20.9 Å². The molecule has 0 radical (unpaired) electrons. The quantitative estimate of drug-likeness (QED) is 0.310. The Kier molecular flexibility index (Phi) is 4.13.